The van der Waals surface area contributed by atoms with Crippen molar-refractivity contribution < 1.29 is 71.8 Å². The third-order valence-electron chi connectivity index (χ3n) is 11.5. The van der Waals surface area contributed by atoms with Crippen LogP contribution in [0.25, 0.3) is 33.4 Å². The molecule has 1 aliphatic rings. The van der Waals surface area contributed by atoms with Crippen LogP contribution in [0.1, 0.15) is 108 Å². The van der Waals surface area contributed by atoms with E-state index in [1.54, 1.807) is 26.8 Å². The van der Waals surface area contributed by atoms with Gasteiger partial charge in [0.15, 0.2) is 5.69 Å². The Balaban J connectivity index is 1.17. The van der Waals surface area contributed by atoms with Crippen molar-refractivity contribution in [3.8, 4) is 22.0 Å². The van der Waals surface area contributed by atoms with Gasteiger partial charge in [-0.05, 0) is 31.9 Å². The summed E-state index contributed by atoms with van der Waals surface area (Å²) >= 11 is 3.00. The molecule has 31 nitrogen and oxygen atoms in total. The van der Waals surface area contributed by atoms with Crippen LogP contribution in [-0.4, -0.2) is 117 Å². The second kappa shape index (κ2) is 27.7. The summed E-state index contributed by atoms with van der Waals surface area (Å²) in [6.45, 7) is 27.1. The summed E-state index contributed by atoms with van der Waals surface area (Å²) in [4.78, 5) is 170. The van der Waals surface area contributed by atoms with Crippen molar-refractivity contribution in [2.75, 3.05) is 0 Å². The molecule has 0 aromatic carbocycles. The van der Waals surface area contributed by atoms with E-state index in [4.69, 9.17) is 13.9 Å². The van der Waals surface area contributed by atoms with Crippen LogP contribution in [0.5, 0.6) is 0 Å². The molecule has 0 saturated heterocycles. The second-order valence-electron chi connectivity index (χ2n) is 18.7. The quantitative estimate of drug-likeness (QED) is 0.0826. The molecule has 6 aromatic rings. The van der Waals surface area contributed by atoms with E-state index in [9.17, 15) is 57.8 Å². The lowest BCUT2D eigenvalue weighted by molar-refractivity contribution is -0.134. The number of oxazole rings is 2. The van der Waals surface area contributed by atoms with Crippen LogP contribution in [0.15, 0.2) is 124 Å². The van der Waals surface area contributed by atoms with Gasteiger partial charge >= 0.3 is 5.97 Å². The molecular weight excluding hydrogens is 1210 g/mol. The fraction of sp³-hybridized carbons (Fsp3) is 0.167. The highest BCUT2D eigenvalue weighted by atomic mass is 32.1. The van der Waals surface area contributed by atoms with E-state index < -0.39 is 117 Å². The van der Waals surface area contributed by atoms with E-state index in [0.717, 1.165) is 46.5 Å². The minimum Gasteiger partial charge on any atom is -0.477 e. The van der Waals surface area contributed by atoms with Gasteiger partial charge in [0.2, 0.25) is 17.7 Å². The summed E-state index contributed by atoms with van der Waals surface area (Å²) in [5, 5.41) is 48.1. The number of aliphatic hydroxyl groups excluding tert-OH is 1. The number of nitrogens with one attached hydrogen (secondary N) is 10. The van der Waals surface area contributed by atoms with E-state index >= 15 is 0 Å². The van der Waals surface area contributed by atoms with Crippen LogP contribution in [0.4, 0.5) is 0 Å². The first-order chi connectivity index (χ1) is 41.6. The van der Waals surface area contributed by atoms with Crippen molar-refractivity contribution in [1.82, 2.24) is 83.1 Å². The number of aromatic nitrogens is 6. The van der Waals surface area contributed by atoms with Gasteiger partial charge in [0.25, 0.3) is 53.2 Å². The molecular formula is C54H50N16O15S3. The Morgan fingerprint density at radius 1 is 0.636 bits per heavy atom. The van der Waals surface area contributed by atoms with Crippen LogP contribution in [-0.2, 0) is 35.3 Å². The molecule has 10 bridgehead atoms. The Morgan fingerprint density at radius 2 is 1.20 bits per heavy atom. The van der Waals surface area contributed by atoms with Crippen LogP contribution in [0, 0.1) is 5.92 Å². The normalized spacial score (nSPS) is 16.1. The van der Waals surface area contributed by atoms with Crippen LogP contribution < -0.4 is 53.2 Å². The molecule has 7 rings (SSSR count). The number of hydrogen-bond donors (Lipinski definition) is 12. The van der Waals surface area contributed by atoms with Crippen LogP contribution in [0.2, 0.25) is 0 Å². The van der Waals surface area contributed by atoms with Crippen molar-refractivity contribution in [3.63, 3.8) is 0 Å². The summed E-state index contributed by atoms with van der Waals surface area (Å²) in [5.74, 6) is -11.9. The maximum atomic E-state index is 13.9. The molecule has 6 aromatic heterocycles. The average molecular weight is 1260 g/mol. The summed E-state index contributed by atoms with van der Waals surface area (Å²) < 4.78 is 11.3. The number of rotatable bonds is 11. The van der Waals surface area contributed by atoms with Crippen molar-refractivity contribution in [1.29, 1.82) is 0 Å². The maximum Gasteiger partial charge on any atom is 0.351 e. The van der Waals surface area contributed by atoms with Gasteiger partial charge in [0.05, 0.1) is 47.2 Å². The first-order valence-electron chi connectivity index (χ1n) is 25.2. The Morgan fingerprint density at radius 3 is 1.86 bits per heavy atom. The summed E-state index contributed by atoms with van der Waals surface area (Å²) in [5.41, 5.74) is -4.69. The molecule has 34 heteroatoms. The lowest BCUT2D eigenvalue weighted by Gasteiger charge is -2.21. The summed E-state index contributed by atoms with van der Waals surface area (Å²) in [7, 11) is 0. The molecule has 454 valence electrons. The number of amides is 10. The monoisotopic (exact) mass is 1260 g/mol. The molecule has 0 fully saturated rings. The van der Waals surface area contributed by atoms with Gasteiger partial charge in [-0.1, -0.05) is 59.4 Å². The second-order valence-corrected chi connectivity index (χ2v) is 21.4. The zero-order valence-electron chi connectivity index (χ0n) is 46.5. The standard InChI is InChI=1S/C54H50N16O15S3/c1-20(2)13-31-51-67-33(16-85-51)44(76)55-14-37-63-34(17-86-37)46(78)61-26(8)52-68-35(18-87-52)47(79)59-24(6)42(74)60-25(7)50-66-32(15-84-50)39-29(53-69-36(19-88-53)48(80)70-38(28(10)71)49(81)65-31)11-12-30(64-39)45(77)58-23(5)41(73)56-21(3)40(72)57-22(4)43(75)62-27(9)54(82)83/h11-13,15-20,26,28,38,71H,3-7,9,14H2,1-2,8,10H3,(H,55,76)(H,56,73)(H,57,72)(H,58,77)(H,59,79)(H,60,74)(H,61,78)(H,62,75)(H,65,81)(H,70,80)(H,82,83)/b31-13+. The SMILES string of the molecule is C=C(NC(=O)C(=C)NC(=O)C(=C)NC(=O)C(=C)NC(=O)c1ccc2c(n1)-c1coc(n1)C(=C)NC(=O)C(=C)NC(=O)c1csc(n1)C(C)NC(=O)c1csc(n1)CNC(=O)c1coc(n1)/C(=C\C(C)C)NC(=O)C(C(C)O)NC(=O)c1csc-2n1)C(=O)O. The molecule has 0 saturated carbocycles. The van der Waals surface area contributed by atoms with Crippen molar-refractivity contribution >= 4 is 110 Å². The Labute approximate surface area is 508 Å². The van der Waals surface area contributed by atoms with Gasteiger partial charge in [-0.3, -0.25) is 47.9 Å². The maximum absolute atomic E-state index is 13.9. The molecule has 7 heterocycles. The van der Waals surface area contributed by atoms with Gasteiger partial charge in [0, 0.05) is 21.7 Å². The number of carbonyl (C=O) groups is 11. The van der Waals surface area contributed by atoms with E-state index in [1.165, 1.54) is 35.2 Å². The van der Waals surface area contributed by atoms with E-state index in [0.29, 0.717) is 10.0 Å². The molecule has 0 aliphatic carbocycles. The summed E-state index contributed by atoms with van der Waals surface area (Å²) in [6.07, 6.45) is 2.12. The predicted molar refractivity (Wildman–Crippen MR) is 312 cm³/mol. The van der Waals surface area contributed by atoms with Crippen molar-refractivity contribution in [2.45, 2.75) is 52.4 Å². The Bertz CT molecular complexity index is 4010. The lowest BCUT2D eigenvalue weighted by Crippen LogP contribution is -2.52. The molecule has 12 N–H and O–H groups in total. The van der Waals surface area contributed by atoms with E-state index in [1.807, 2.05) is 10.6 Å². The molecule has 88 heavy (non-hydrogen) atoms. The average Bonchev–Trinajstić information content (AvgIpc) is 2.61. The van der Waals surface area contributed by atoms with E-state index in [-0.39, 0.29) is 80.4 Å². The first kappa shape index (κ1) is 64.3. The van der Waals surface area contributed by atoms with Crippen LogP contribution >= 0.6 is 34.0 Å². The number of aliphatic hydroxyl groups is 1. The third kappa shape index (κ3) is 15.9. The minimum atomic E-state index is -1.64. The highest BCUT2D eigenvalue weighted by Gasteiger charge is 2.31. The van der Waals surface area contributed by atoms with E-state index in [2.05, 4.69) is 112 Å². The highest BCUT2D eigenvalue weighted by Crippen LogP contribution is 2.34. The Kier molecular flexibility index (Phi) is 20.2. The lowest BCUT2D eigenvalue weighted by atomic mass is 10.1. The van der Waals surface area contributed by atoms with Gasteiger partial charge in [-0.2, -0.15) is 0 Å². The number of thiazole rings is 3. The molecule has 3 unspecified atom stereocenters. The number of nitrogens with zero attached hydrogens (tertiary/aromatic N) is 6. The molecule has 3 atom stereocenters. The fourth-order valence-corrected chi connectivity index (χ4v) is 9.41. The highest BCUT2D eigenvalue weighted by molar-refractivity contribution is 7.13. The number of allylic oxidation sites excluding steroid dienone is 1. The van der Waals surface area contributed by atoms with Gasteiger partial charge in [-0.15, -0.1) is 34.0 Å². The largest absolute Gasteiger partial charge is 0.477 e. The van der Waals surface area contributed by atoms with Gasteiger partial charge < -0.3 is 72.2 Å². The Hall–Kier alpha value is -11.2. The van der Waals surface area contributed by atoms with Gasteiger partial charge in [-0.25, -0.2) is 34.7 Å². The topological polar surface area (TPSA) is 452 Å². The fourth-order valence-electron chi connectivity index (χ4n) is 7.06. The molecule has 0 radical (unpaired) electrons. The molecule has 1 aliphatic heterocycles. The number of hydrogen-bond acceptors (Lipinski definition) is 23. The molecule has 0 spiro atoms. The van der Waals surface area contributed by atoms with Crippen molar-refractivity contribution in [2.24, 2.45) is 5.92 Å². The zero-order valence-corrected chi connectivity index (χ0v) is 48.9. The number of carboxylic acids is 1. The smallest absolute Gasteiger partial charge is 0.351 e. The van der Waals surface area contributed by atoms with Gasteiger partial charge in [0.1, 0.15) is 79.1 Å². The van der Waals surface area contributed by atoms with Crippen LogP contribution in [0.3, 0.4) is 0 Å². The summed E-state index contributed by atoms with van der Waals surface area (Å²) in [6, 6.07) is 0.138. The first-order valence-corrected chi connectivity index (χ1v) is 27.9. The number of carbonyl (C=O) groups excluding carboxylic acids is 10. The zero-order chi connectivity index (χ0) is 64.4. The predicted octanol–water partition coefficient (Wildman–Crippen LogP) is 2.04. The number of aliphatic carboxylic acids is 1. The van der Waals surface area contributed by atoms with Crippen molar-refractivity contribution in [3.05, 3.63) is 165 Å². The minimum absolute atomic E-state index is 0.0193. The number of carboxylic acid groups (broad SMARTS) is 1. The number of pyridine rings is 1. The number of fused-ring (bicyclic) bond motifs is 13. The third-order valence-corrected chi connectivity index (χ3v) is 14.2. The molecule has 10 amide bonds.